The first-order valence-electron chi connectivity index (χ1n) is 7.37. The van der Waals surface area contributed by atoms with E-state index in [0.29, 0.717) is 5.92 Å². The Kier molecular flexibility index (Phi) is 5.01. The maximum atomic E-state index is 12.4. The average molecular weight is 276 g/mol. The molecule has 1 aliphatic heterocycles. The van der Waals surface area contributed by atoms with E-state index in [0.717, 1.165) is 43.7 Å². The number of hydrogen-bond acceptors (Lipinski definition) is 3. The second-order valence-corrected chi connectivity index (χ2v) is 5.48. The van der Waals surface area contributed by atoms with Gasteiger partial charge in [-0.15, -0.1) is 0 Å². The van der Waals surface area contributed by atoms with Crippen molar-refractivity contribution in [3.05, 3.63) is 29.8 Å². The first-order valence-corrected chi connectivity index (χ1v) is 7.37. The van der Waals surface area contributed by atoms with Crippen molar-refractivity contribution in [2.45, 2.75) is 19.8 Å². The van der Waals surface area contributed by atoms with Gasteiger partial charge in [0.15, 0.2) is 0 Å². The van der Waals surface area contributed by atoms with Crippen LogP contribution >= 0.6 is 0 Å². The van der Waals surface area contributed by atoms with Gasteiger partial charge in [0.05, 0.1) is 0 Å². The highest BCUT2D eigenvalue weighted by molar-refractivity contribution is 5.94. The molecule has 1 aromatic rings. The number of carbonyl (C=O) groups excluding carboxylic acids is 1. The third-order valence-corrected chi connectivity index (χ3v) is 4.19. The first kappa shape index (κ1) is 14.9. The molecule has 0 bridgehead atoms. The van der Waals surface area contributed by atoms with Crippen molar-refractivity contribution in [2.75, 3.05) is 38.2 Å². The normalized spacial score (nSPS) is 16.2. The minimum Gasteiger partial charge on any atom is -0.396 e. The van der Waals surface area contributed by atoms with Crippen LogP contribution in [0, 0.1) is 5.92 Å². The van der Waals surface area contributed by atoms with Gasteiger partial charge in [0.2, 0.25) is 0 Å². The molecule has 1 aromatic carbocycles. The van der Waals surface area contributed by atoms with E-state index in [2.05, 4.69) is 11.8 Å². The number of aliphatic hydroxyl groups excluding tert-OH is 1. The lowest BCUT2D eigenvalue weighted by molar-refractivity contribution is 0.0651. The summed E-state index contributed by atoms with van der Waals surface area (Å²) in [7, 11) is 2.04. The van der Waals surface area contributed by atoms with Gasteiger partial charge in [0.25, 0.3) is 5.91 Å². The van der Waals surface area contributed by atoms with Gasteiger partial charge >= 0.3 is 0 Å². The van der Waals surface area contributed by atoms with Gasteiger partial charge in [-0.2, -0.15) is 0 Å². The number of aliphatic hydroxyl groups is 1. The maximum absolute atomic E-state index is 12.4. The van der Waals surface area contributed by atoms with Gasteiger partial charge in [-0.3, -0.25) is 4.79 Å². The number of carbonyl (C=O) groups is 1. The molecule has 110 valence electrons. The van der Waals surface area contributed by atoms with Crippen LogP contribution in [-0.2, 0) is 0 Å². The molecule has 1 saturated heterocycles. The predicted molar refractivity (Wildman–Crippen MR) is 81.1 cm³/mol. The van der Waals surface area contributed by atoms with Crippen LogP contribution in [-0.4, -0.2) is 49.2 Å². The van der Waals surface area contributed by atoms with Crippen LogP contribution in [0.2, 0.25) is 0 Å². The smallest absolute Gasteiger partial charge is 0.253 e. The highest BCUT2D eigenvalue weighted by Gasteiger charge is 2.23. The summed E-state index contributed by atoms with van der Waals surface area (Å²) in [6.07, 6.45) is 1.80. The van der Waals surface area contributed by atoms with Crippen LogP contribution in [0.15, 0.2) is 24.3 Å². The minimum atomic E-state index is 0.104. The Morgan fingerprint density at radius 1 is 1.30 bits per heavy atom. The van der Waals surface area contributed by atoms with Gasteiger partial charge in [-0.25, -0.2) is 0 Å². The SMILES string of the molecule is CCN(C)c1ccc(C(=O)N2CCC(CO)CC2)cc1. The van der Waals surface area contributed by atoms with Crippen molar-refractivity contribution < 1.29 is 9.90 Å². The number of hydrogen-bond donors (Lipinski definition) is 1. The van der Waals surface area contributed by atoms with Crippen LogP contribution < -0.4 is 4.90 Å². The van der Waals surface area contributed by atoms with Gasteiger partial charge in [0.1, 0.15) is 0 Å². The Morgan fingerprint density at radius 3 is 2.40 bits per heavy atom. The monoisotopic (exact) mass is 276 g/mol. The third-order valence-electron chi connectivity index (χ3n) is 4.19. The molecule has 1 aliphatic rings. The summed E-state index contributed by atoms with van der Waals surface area (Å²) in [6, 6.07) is 7.80. The fourth-order valence-electron chi connectivity index (χ4n) is 2.54. The third kappa shape index (κ3) is 3.31. The Labute approximate surface area is 121 Å². The van der Waals surface area contributed by atoms with Crippen LogP contribution in [0.4, 0.5) is 5.69 Å². The van der Waals surface area contributed by atoms with Crippen molar-refractivity contribution in [1.29, 1.82) is 0 Å². The summed E-state index contributed by atoms with van der Waals surface area (Å²) in [6.45, 7) is 4.79. The van der Waals surface area contributed by atoms with Gasteiger partial charge < -0.3 is 14.9 Å². The molecular weight excluding hydrogens is 252 g/mol. The lowest BCUT2D eigenvalue weighted by atomic mass is 9.97. The van der Waals surface area contributed by atoms with E-state index >= 15 is 0 Å². The summed E-state index contributed by atoms with van der Waals surface area (Å²) < 4.78 is 0. The van der Waals surface area contributed by atoms with E-state index in [1.807, 2.05) is 36.2 Å². The lowest BCUT2D eigenvalue weighted by Gasteiger charge is -2.31. The molecule has 4 heteroatoms. The highest BCUT2D eigenvalue weighted by atomic mass is 16.3. The standard InChI is InChI=1S/C16H24N2O2/c1-3-17(2)15-6-4-14(5-7-15)16(20)18-10-8-13(12-19)9-11-18/h4-7,13,19H,3,8-12H2,1-2H3. The Hall–Kier alpha value is -1.55. The zero-order valence-corrected chi connectivity index (χ0v) is 12.4. The summed E-state index contributed by atoms with van der Waals surface area (Å²) >= 11 is 0. The van der Waals surface area contributed by atoms with Crippen molar-refractivity contribution in [3.8, 4) is 0 Å². The summed E-state index contributed by atoms with van der Waals surface area (Å²) in [5.74, 6) is 0.465. The quantitative estimate of drug-likeness (QED) is 0.914. The molecular formula is C16H24N2O2. The van der Waals surface area contributed by atoms with E-state index in [9.17, 15) is 4.79 Å². The number of benzene rings is 1. The second kappa shape index (κ2) is 6.75. The first-order chi connectivity index (χ1) is 9.65. The predicted octanol–water partition coefficient (Wildman–Crippen LogP) is 1.99. The maximum Gasteiger partial charge on any atom is 0.253 e. The fraction of sp³-hybridized carbons (Fsp3) is 0.562. The molecule has 0 saturated carbocycles. The van der Waals surface area contributed by atoms with Crippen molar-refractivity contribution in [2.24, 2.45) is 5.92 Å². The van der Waals surface area contributed by atoms with Crippen LogP contribution in [0.25, 0.3) is 0 Å². The number of nitrogens with zero attached hydrogens (tertiary/aromatic N) is 2. The van der Waals surface area contributed by atoms with E-state index in [-0.39, 0.29) is 12.5 Å². The van der Waals surface area contributed by atoms with E-state index in [1.165, 1.54) is 0 Å². The van der Waals surface area contributed by atoms with Crippen molar-refractivity contribution >= 4 is 11.6 Å². The fourth-order valence-corrected chi connectivity index (χ4v) is 2.54. The zero-order valence-electron chi connectivity index (χ0n) is 12.4. The molecule has 0 aliphatic carbocycles. The molecule has 0 atom stereocenters. The number of amides is 1. The molecule has 4 nitrogen and oxygen atoms in total. The average Bonchev–Trinajstić information content (AvgIpc) is 2.53. The van der Waals surface area contributed by atoms with E-state index in [4.69, 9.17) is 5.11 Å². The highest BCUT2D eigenvalue weighted by Crippen LogP contribution is 2.20. The van der Waals surface area contributed by atoms with Gasteiger partial charge in [-0.1, -0.05) is 0 Å². The molecule has 1 fully saturated rings. The van der Waals surface area contributed by atoms with Crippen molar-refractivity contribution in [3.63, 3.8) is 0 Å². The second-order valence-electron chi connectivity index (χ2n) is 5.48. The zero-order chi connectivity index (χ0) is 14.5. The Morgan fingerprint density at radius 2 is 1.90 bits per heavy atom. The van der Waals surface area contributed by atoms with E-state index in [1.54, 1.807) is 0 Å². The lowest BCUT2D eigenvalue weighted by Crippen LogP contribution is -2.39. The Balaban J connectivity index is 1.99. The van der Waals surface area contributed by atoms with Gasteiger partial charge in [0, 0.05) is 44.5 Å². The van der Waals surface area contributed by atoms with Crippen LogP contribution in [0.1, 0.15) is 30.1 Å². The minimum absolute atomic E-state index is 0.104. The molecule has 2 rings (SSSR count). The summed E-state index contributed by atoms with van der Waals surface area (Å²) in [4.78, 5) is 16.4. The molecule has 1 amide bonds. The number of likely N-dealkylation sites (tertiary alicyclic amines) is 1. The number of piperidine rings is 1. The summed E-state index contributed by atoms with van der Waals surface area (Å²) in [5.41, 5.74) is 1.88. The molecule has 0 aromatic heterocycles. The molecule has 1 N–H and O–H groups in total. The molecule has 0 spiro atoms. The molecule has 0 unspecified atom stereocenters. The van der Waals surface area contributed by atoms with Crippen LogP contribution in [0.3, 0.4) is 0 Å². The van der Waals surface area contributed by atoms with Crippen LogP contribution in [0.5, 0.6) is 0 Å². The number of anilines is 1. The van der Waals surface area contributed by atoms with Crippen molar-refractivity contribution in [1.82, 2.24) is 4.90 Å². The van der Waals surface area contributed by atoms with E-state index < -0.39 is 0 Å². The molecule has 0 radical (unpaired) electrons. The molecule has 1 heterocycles. The largest absolute Gasteiger partial charge is 0.396 e. The van der Waals surface area contributed by atoms with Gasteiger partial charge in [-0.05, 0) is 49.9 Å². The Bertz CT molecular complexity index is 436. The molecule has 20 heavy (non-hydrogen) atoms. The topological polar surface area (TPSA) is 43.8 Å². The number of rotatable bonds is 4. The summed E-state index contributed by atoms with van der Waals surface area (Å²) in [5, 5.41) is 9.13.